The fourth-order valence-corrected chi connectivity index (χ4v) is 6.61. The van der Waals surface area contributed by atoms with Crippen LogP contribution >= 0.6 is 0 Å². The Morgan fingerprint density at radius 1 is 1.23 bits per heavy atom. The highest BCUT2D eigenvalue weighted by Gasteiger charge is 2.64. The molecule has 5 nitrogen and oxygen atoms in total. The van der Waals surface area contributed by atoms with E-state index in [2.05, 4.69) is 36.9 Å². The molecule has 7 rings (SSSR count). The highest BCUT2D eigenvalue weighted by Crippen LogP contribution is 2.66. The third kappa shape index (κ3) is 2.26. The van der Waals surface area contributed by atoms with Gasteiger partial charge in [0.05, 0.1) is 19.3 Å². The number of benzene rings is 2. The average Bonchev–Trinajstić information content (AvgIpc) is 3.15. The fourth-order valence-electron chi connectivity index (χ4n) is 6.61. The van der Waals surface area contributed by atoms with Crippen molar-refractivity contribution in [1.29, 1.82) is 0 Å². The molecule has 4 bridgehead atoms. The van der Waals surface area contributed by atoms with Gasteiger partial charge < -0.3 is 18.9 Å². The molecule has 0 aromatic heterocycles. The minimum Gasteiger partial charge on any atom is -0.423 e. The summed E-state index contributed by atoms with van der Waals surface area (Å²) in [7, 11) is 1.76. The molecule has 2 aromatic carbocycles. The van der Waals surface area contributed by atoms with Gasteiger partial charge in [-0.05, 0) is 40.3 Å². The Morgan fingerprint density at radius 3 is 2.90 bits per heavy atom. The van der Waals surface area contributed by atoms with Crippen LogP contribution in [0.4, 0.5) is 0 Å². The van der Waals surface area contributed by atoms with E-state index in [0.29, 0.717) is 30.8 Å². The second-order valence-corrected chi connectivity index (χ2v) is 8.70. The molecule has 6 atom stereocenters. The smallest absolute Gasteiger partial charge is 0.335 e. The molecule has 2 aromatic rings. The lowest BCUT2D eigenvalue weighted by Gasteiger charge is -2.60. The first-order chi connectivity index (χ1) is 14.7. The van der Waals surface area contributed by atoms with Gasteiger partial charge in [0.15, 0.2) is 6.29 Å². The number of esters is 1. The first kappa shape index (κ1) is 18.3. The van der Waals surface area contributed by atoms with Crippen molar-refractivity contribution in [3.05, 3.63) is 77.4 Å². The second-order valence-electron chi connectivity index (χ2n) is 8.70. The summed E-state index contributed by atoms with van der Waals surface area (Å²) < 4.78 is 23.6. The molecule has 0 spiro atoms. The van der Waals surface area contributed by atoms with E-state index in [1.54, 1.807) is 7.11 Å². The van der Waals surface area contributed by atoms with E-state index >= 15 is 0 Å². The molecule has 30 heavy (non-hydrogen) atoms. The molecule has 2 aliphatic heterocycles. The maximum atomic E-state index is 11.8. The third-order valence-corrected chi connectivity index (χ3v) is 7.51. The lowest BCUT2D eigenvalue weighted by Crippen LogP contribution is -2.59. The summed E-state index contributed by atoms with van der Waals surface area (Å²) in [6.45, 7) is 4.72. The standard InChI is InChI=1S/C25H24O5/c1-3-21(26)29-14-8-9-16-18(10-14)25(13-27-2)17-7-5-4-6-15(17)23(16)24-19(25)11-22-28-12-20(24)30-22/h3-10,19-20,22-24H,1,11-13H2,2H3/t19?,20?,22-,23?,24?,25?/m1/s1. The molecule has 2 fully saturated rings. The molecule has 0 saturated carbocycles. The lowest BCUT2D eigenvalue weighted by atomic mass is 9.45. The first-order valence-corrected chi connectivity index (χ1v) is 10.5. The maximum Gasteiger partial charge on any atom is 0.335 e. The number of carbonyl (C=O) groups excluding carboxylic acids is 1. The highest BCUT2D eigenvalue weighted by atomic mass is 16.7. The zero-order valence-corrected chi connectivity index (χ0v) is 16.9. The summed E-state index contributed by atoms with van der Waals surface area (Å²) in [5.74, 6) is 0.996. The molecule has 5 unspecified atom stereocenters. The van der Waals surface area contributed by atoms with Gasteiger partial charge in [0.2, 0.25) is 0 Å². The summed E-state index contributed by atoms with van der Waals surface area (Å²) >= 11 is 0. The Balaban J connectivity index is 1.61. The number of hydrogen-bond donors (Lipinski definition) is 0. The summed E-state index contributed by atoms with van der Waals surface area (Å²) in [6, 6.07) is 14.7. The fraction of sp³-hybridized carbons (Fsp3) is 0.400. The van der Waals surface area contributed by atoms with Gasteiger partial charge in [-0.25, -0.2) is 4.79 Å². The number of hydrogen-bond acceptors (Lipinski definition) is 5. The van der Waals surface area contributed by atoms with Gasteiger partial charge in [0.1, 0.15) is 5.75 Å². The van der Waals surface area contributed by atoms with Crippen molar-refractivity contribution in [2.75, 3.05) is 20.3 Å². The molecule has 0 N–H and O–H groups in total. The van der Waals surface area contributed by atoms with Crippen molar-refractivity contribution in [3.63, 3.8) is 0 Å². The van der Waals surface area contributed by atoms with Crippen LogP contribution in [0.15, 0.2) is 55.1 Å². The van der Waals surface area contributed by atoms with Crippen molar-refractivity contribution >= 4 is 5.97 Å². The van der Waals surface area contributed by atoms with Crippen LogP contribution in [0.25, 0.3) is 0 Å². The number of carbonyl (C=O) groups is 1. The predicted octanol–water partition coefficient (Wildman–Crippen LogP) is 3.55. The zero-order valence-electron chi connectivity index (χ0n) is 16.9. The summed E-state index contributed by atoms with van der Waals surface area (Å²) in [4.78, 5) is 11.8. The molecule has 2 heterocycles. The van der Waals surface area contributed by atoms with E-state index in [9.17, 15) is 4.79 Å². The largest absolute Gasteiger partial charge is 0.423 e. The third-order valence-electron chi connectivity index (χ3n) is 7.51. The van der Waals surface area contributed by atoms with Gasteiger partial charge in [-0.2, -0.15) is 0 Å². The van der Waals surface area contributed by atoms with E-state index in [1.165, 1.54) is 28.3 Å². The predicted molar refractivity (Wildman–Crippen MR) is 109 cm³/mol. The Bertz CT molecular complexity index is 1050. The Labute approximate surface area is 175 Å². The Hall–Kier alpha value is -2.47. The van der Waals surface area contributed by atoms with Crippen LogP contribution in [0.1, 0.15) is 34.6 Å². The van der Waals surface area contributed by atoms with Crippen molar-refractivity contribution in [2.45, 2.75) is 30.1 Å². The number of ether oxygens (including phenoxy) is 4. The number of fused-ring (bicyclic) bond motifs is 2. The minimum absolute atomic E-state index is 0.0924. The van der Waals surface area contributed by atoms with Crippen LogP contribution < -0.4 is 4.74 Å². The van der Waals surface area contributed by atoms with Crippen molar-refractivity contribution in [2.24, 2.45) is 11.8 Å². The van der Waals surface area contributed by atoms with E-state index < -0.39 is 5.97 Å². The summed E-state index contributed by atoms with van der Waals surface area (Å²) in [6.07, 6.45) is 1.97. The SMILES string of the molecule is C=CC(=O)Oc1ccc2c(c1)C1(COC)c3ccccc3C2C2C3CO[C@@H](CC21)O3. The molecule has 5 heteroatoms. The van der Waals surface area contributed by atoms with E-state index in [-0.39, 0.29) is 23.7 Å². The summed E-state index contributed by atoms with van der Waals surface area (Å²) in [5, 5.41) is 0. The highest BCUT2D eigenvalue weighted by molar-refractivity contribution is 5.83. The zero-order chi connectivity index (χ0) is 20.5. The van der Waals surface area contributed by atoms with Crippen LogP contribution in [-0.2, 0) is 24.4 Å². The molecule has 154 valence electrons. The molecule has 0 amide bonds. The molecular formula is C25H24O5. The van der Waals surface area contributed by atoms with E-state index in [1.807, 2.05) is 12.1 Å². The first-order valence-electron chi connectivity index (χ1n) is 10.5. The van der Waals surface area contributed by atoms with Gasteiger partial charge in [0.25, 0.3) is 0 Å². The van der Waals surface area contributed by atoms with Crippen LogP contribution in [0.2, 0.25) is 0 Å². The topological polar surface area (TPSA) is 54.0 Å². The van der Waals surface area contributed by atoms with Crippen LogP contribution in [0, 0.1) is 11.8 Å². The van der Waals surface area contributed by atoms with Crippen LogP contribution in [0.3, 0.4) is 0 Å². The van der Waals surface area contributed by atoms with Gasteiger partial charge in [0, 0.05) is 36.9 Å². The Kier molecular flexibility index (Phi) is 3.97. The van der Waals surface area contributed by atoms with Crippen molar-refractivity contribution < 1.29 is 23.7 Å². The maximum absolute atomic E-state index is 11.8. The van der Waals surface area contributed by atoms with Gasteiger partial charge in [-0.1, -0.05) is 36.9 Å². The normalized spacial score (nSPS) is 34.6. The van der Waals surface area contributed by atoms with Gasteiger partial charge in [-0.15, -0.1) is 0 Å². The molecule has 5 aliphatic rings. The molecule has 3 aliphatic carbocycles. The van der Waals surface area contributed by atoms with Gasteiger partial charge in [-0.3, -0.25) is 0 Å². The quantitative estimate of drug-likeness (QED) is 0.443. The molecule has 2 saturated heterocycles. The molecule has 0 radical (unpaired) electrons. The second kappa shape index (κ2) is 6.51. The van der Waals surface area contributed by atoms with Crippen molar-refractivity contribution in [3.8, 4) is 5.75 Å². The van der Waals surface area contributed by atoms with E-state index in [4.69, 9.17) is 18.9 Å². The van der Waals surface area contributed by atoms with Crippen LogP contribution in [-0.4, -0.2) is 38.7 Å². The average molecular weight is 404 g/mol. The summed E-state index contributed by atoms with van der Waals surface area (Å²) in [5.41, 5.74) is 4.82. The van der Waals surface area contributed by atoms with E-state index in [0.717, 1.165) is 6.42 Å². The molecular weight excluding hydrogens is 380 g/mol. The lowest BCUT2D eigenvalue weighted by molar-refractivity contribution is -0.145. The Morgan fingerprint density at radius 2 is 2.07 bits per heavy atom. The minimum atomic E-state index is -0.451. The van der Waals surface area contributed by atoms with Crippen LogP contribution in [0.5, 0.6) is 5.75 Å². The number of methoxy groups -OCH3 is 1. The monoisotopic (exact) mass is 404 g/mol. The van der Waals surface area contributed by atoms with Crippen molar-refractivity contribution in [1.82, 2.24) is 0 Å². The number of rotatable bonds is 4. The van der Waals surface area contributed by atoms with Gasteiger partial charge >= 0.3 is 5.97 Å².